The number of ether oxygens (including phenoxy) is 2. The monoisotopic (exact) mass is 453 g/mol. The maximum atomic E-state index is 9.71. The summed E-state index contributed by atoms with van der Waals surface area (Å²) in [6, 6.07) is 23.9. The van der Waals surface area contributed by atoms with Gasteiger partial charge < -0.3 is 9.47 Å². The number of nitriles is 1. The minimum atomic E-state index is 0.585. The zero-order chi connectivity index (χ0) is 23.8. The number of aromatic nitrogens is 3. The van der Waals surface area contributed by atoms with Crippen molar-refractivity contribution in [2.24, 2.45) is 0 Å². The summed E-state index contributed by atoms with van der Waals surface area (Å²) in [4.78, 5) is 0. The van der Waals surface area contributed by atoms with Crippen LogP contribution in [-0.4, -0.2) is 28.6 Å². The number of hydrogen-bond acceptors (Lipinski definition) is 6. The fraction of sp³-hybridized carbons (Fsp3) is 0.222. The van der Waals surface area contributed by atoms with Crippen molar-refractivity contribution < 1.29 is 9.47 Å². The van der Waals surface area contributed by atoms with E-state index in [1.54, 1.807) is 19.8 Å². The van der Waals surface area contributed by atoms with Gasteiger partial charge in [0.25, 0.3) is 0 Å². The Labute approximate surface area is 199 Å². The number of methoxy groups -OCH3 is 1. The molecule has 0 unspecified atom stereocenters. The molecule has 1 heterocycles. The number of anilines is 1. The van der Waals surface area contributed by atoms with Crippen LogP contribution in [0.1, 0.15) is 30.9 Å². The van der Waals surface area contributed by atoms with E-state index in [1.807, 2.05) is 59.3 Å². The Morgan fingerprint density at radius 3 is 2.29 bits per heavy atom. The Morgan fingerprint density at radius 2 is 1.65 bits per heavy atom. The van der Waals surface area contributed by atoms with Crippen molar-refractivity contribution in [3.63, 3.8) is 0 Å². The third kappa shape index (κ3) is 5.36. The molecule has 172 valence electrons. The van der Waals surface area contributed by atoms with Gasteiger partial charge in [0, 0.05) is 5.56 Å². The van der Waals surface area contributed by atoms with Crippen LogP contribution in [-0.2, 0) is 6.54 Å². The molecule has 3 aromatic carbocycles. The lowest BCUT2D eigenvalue weighted by atomic mass is 9.99. The minimum Gasteiger partial charge on any atom is -0.497 e. The Balaban J connectivity index is 1.65. The molecule has 4 aromatic rings. The van der Waals surface area contributed by atoms with Crippen LogP contribution >= 0.6 is 0 Å². The van der Waals surface area contributed by atoms with Crippen molar-refractivity contribution in [1.82, 2.24) is 14.9 Å². The maximum absolute atomic E-state index is 9.71. The highest BCUT2D eigenvalue weighted by Gasteiger charge is 2.14. The average Bonchev–Trinajstić information content (AvgIpc) is 3.43. The van der Waals surface area contributed by atoms with E-state index in [2.05, 4.69) is 40.3 Å². The SMILES string of the molecule is CCCCOc1ccc(CN(c2ccc(C#N)c(-c3ccc(OC)cc3)c2)n2cnnc2)cc1. The van der Waals surface area contributed by atoms with Crippen LogP contribution in [0.2, 0.25) is 0 Å². The molecule has 4 rings (SSSR count). The molecule has 0 amide bonds. The summed E-state index contributed by atoms with van der Waals surface area (Å²) >= 11 is 0. The van der Waals surface area contributed by atoms with Crippen LogP contribution in [0.5, 0.6) is 11.5 Å². The largest absolute Gasteiger partial charge is 0.497 e. The first-order valence-corrected chi connectivity index (χ1v) is 11.2. The van der Waals surface area contributed by atoms with E-state index >= 15 is 0 Å². The molecule has 7 nitrogen and oxygen atoms in total. The second-order valence-electron chi connectivity index (χ2n) is 7.82. The van der Waals surface area contributed by atoms with Crippen molar-refractivity contribution in [3.8, 4) is 28.7 Å². The molecule has 34 heavy (non-hydrogen) atoms. The zero-order valence-electron chi connectivity index (χ0n) is 19.4. The zero-order valence-corrected chi connectivity index (χ0v) is 19.4. The number of benzene rings is 3. The summed E-state index contributed by atoms with van der Waals surface area (Å²) in [5.41, 5.74) is 4.41. The highest BCUT2D eigenvalue weighted by molar-refractivity contribution is 5.75. The summed E-state index contributed by atoms with van der Waals surface area (Å²) in [6.45, 7) is 3.46. The summed E-state index contributed by atoms with van der Waals surface area (Å²) < 4.78 is 12.9. The lowest BCUT2D eigenvalue weighted by Crippen LogP contribution is -2.27. The van der Waals surface area contributed by atoms with Crippen molar-refractivity contribution in [2.75, 3.05) is 18.7 Å². The molecule has 0 aliphatic heterocycles. The highest BCUT2D eigenvalue weighted by atomic mass is 16.5. The number of hydrogen-bond donors (Lipinski definition) is 0. The molecule has 0 saturated heterocycles. The van der Waals surface area contributed by atoms with Crippen LogP contribution in [0.3, 0.4) is 0 Å². The molecule has 0 atom stereocenters. The van der Waals surface area contributed by atoms with E-state index in [1.165, 1.54) is 0 Å². The van der Waals surface area contributed by atoms with E-state index in [4.69, 9.17) is 9.47 Å². The third-order valence-corrected chi connectivity index (χ3v) is 5.53. The second-order valence-corrected chi connectivity index (χ2v) is 7.82. The Kier molecular flexibility index (Phi) is 7.41. The first-order chi connectivity index (χ1) is 16.7. The molecule has 0 fully saturated rings. The lowest BCUT2D eigenvalue weighted by Gasteiger charge is -2.26. The molecule has 1 aromatic heterocycles. The molecular weight excluding hydrogens is 426 g/mol. The predicted molar refractivity (Wildman–Crippen MR) is 132 cm³/mol. The van der Waals surface area contributed by atoms with Gasteiger partial charge >= 0.3 is 0 Å². The second kappa shape index (κ2) is 11.0. The minimum absolute atomic E-state index is 0.585. The molecule has 7 heteroatoms. The van der Waals surface area contributed by atoms with Crippen molar-refractivity contribution in [3.05, 3.63) is 90.5 Å². The normalized spacial score (nSPS) is 10.5. The highest BCUT2D eigenvalue weighted by Crippen LogP contribution is 2.31. The first-order valence-electron chi connectivity index (χ1n) is 11.2. The van der Waals surface area contributed by atoms with Gasteiger partial charge in [0.1, 0.15) is 24.2 Å². The van der Waals surface area contributed by atoms with Gasteiger partial charge in [-0.1, -0.05) is 37.6 Å². The summed E-state index contributed by atoms with van der Waals surface area (Å²) in [6.07, 6.45) is 5.47. The van der Waals surface area contributed by atoms with Crippen LogP contribution < -0.4 is 14.5 Å². The molecule has 0 aliphatic rings. The fourth-order valence-electron chi connectivity index (χ4n) is 3.62. The van der Waals surface area contributed by atoms with Gasteiger partial charge in [-0.3, -0.25) is 5.01 Å². The topological polar surface area (TPSA) is 76.2 Å². The van der Waals surface area contributed by atoms with Crippen molar-refractivity contribution in [1.29, 1.82) is 5.26 Å². The van der Waals surface area contributed by atoms with Gasteiger partial charge in [0.15, 0.2) is 0 Å². The summed E-state index contributed by atoms with van der Waals surface area (Å²) in [5, 5.41) is 19.7. The molecule has 0 radical (unpaired) electrons. The first kappa shape index (κ1) is 22.9. The van der Waals surface area contributed by atoms with E-state index in [0.717, 1.165) is 53.3 Å². The van der Waals surface area contributed by atoms with Gasteiger partial charge in [-0.15, -0.1) is 10.2 Å². The van der Waals surface area contributed by atoms with Crippen LogP contribution in [0, 0.1) is 11.3 Å². The van der Waals surface area contributed by atoms with Gasteiger partial charge in [-0.25, -0.2) is 4.68 Å². The predicted octanol–water partition coefficient (Wildman–Crippen LogP) is 5.47. The van der Waals surface area contributed by atoms with Crippen molar-refractivity contribution >= 4 is 5.69 Å². The summed E-state index contributed by atoms with van der Waals surface area (Å²) in [7, 11) is 1.64. The Morgan fingerprint density at radius 1 is 0.941 bits per heavy atom. The number of nitrogens with zero attached hydrogens (tertiary/aromatic N) is 5. The standard InChI is InChI=1S/C27H27N5O2/c1-3-4-15-34-26-11-5-21(6-12-26)18-32(31-19-29-30-20-31)24-10-7-23(17-28)27(16-24)22-8-13-25(33-2)14-9-22/h5-14,16,19-20H,3-4,15,18H2,1-2H3. The fourth-order valence-corrected chi connectivity index (χ4v) is 3.62. The smallest absolute Gasteiger partial charge is 0.139 e. The molecule has 0 spiro atoms. The molecular formula is C27H27N5O2. The van der Waals surface area contributed by atoms with E-state index < -0.39 is 0 Å². The molecule has 0 bridgehead atoms. The van der Waals surface area contributed by atoms with E-state index in [-0.39, 0.29) is 0 Å². The Bertz CT molecular complexity index is 1230. The molecule has 0 N–H and O–H groups in total. The van der Waals surface area contributed by atoms with E-state index in [9.17, 15) is 5.26 Å². The van der Waals surface area contributed by atoms with Crippen LogP contribution in [0.4, 0.5) is 5.69 Å². The number of unbranched alkanes of at least 4 members (excludes halogenated alkanes) is 1. The third-order valence-electron chi connectivity index (χ3n) is 5.53. The maximum Gasteiger partial charge on any atom is 0.139 e. The number of rotatable bonds is 10. The van der Waals surface area contributed by atoms with Gasteiger partial charge in [0.05, 0.1) is 37.6 Å². The Hall–Kier alpha value is -4.31. The summed E-state index contributed by atoms with van der Waals surface area (Å²) in [5.74, 6) is 1.64. The van der Waals surface area contributed by atoms with Crippen LogP contribution in [0.15, 0.2) is 79.4 Å². The van der Waals surface area contributed by atoms with Gasteiger partial charge in [-0.2, -0.15) is 5.26 Å². The van der Waals surface area contributed by atoms with Crippen molar-refractivity contribution in [2.45, 2.75) is 26.3 Å². The van der Waals surface area contributed by atoms with Gasteiger partial charge in [0.2, 0.25) is 0 Å². The van der Waals surface area contributed by atoms with E-state index in [0.29, 0.717) is 12.1 Å². The molecule has 0 aliphatic carbocycles. The quantitative estimate of drug-likeness (QED) is 0.296. The van der Waals surface area contributed by atoms with Crippen LogP contribution in [0.25, 0.3) is 11.1 Å². The molecule has 0 saturated carbocycles. The van der Waals surface area contributed by atoms with Gasteiger partial charge in [-0.05, 0) is 60.0 Å². The average molecular weight is 454 g/mol. The lowest BCUT2D eigenvalue weighted by molar-refractivity contribution is 0.309.